The lowest BCUT2D eigenvalue weighted by Gasteiger charge is -2.04. The molecule has 2 aromatic rings. The summed E-state index contributed by atoms with van der Waals surface area (Å²) >= 11 is 0. The molecular weight excluding hydrogens is 316 g/mol. The largest absolute Gasteiger partial charge is 0.477 e. The van der Waals surface area contributed by atoms with Crippen LogP contribution in [0.2, 0.25) is 0 Å². The molecule has 0 amide bonds. The number of hydrogen-bond acceptors (Lipinski definition) is 4. The molecule has 0 radical (unpaired) electrons. The number of aliphatic imine (C=N–C) groups is 2. The summed E-state index contributed by atoms with van der Waals surface area (Å²) in [5.41, 5.74) is 3.09. The molecule has 0 saturated carbocycles. The maximum Gasteiger partial charge on any atom is 0.353 e. The first kappa shape index (κ1) is 17.9. The van der Waals surface area contributed by atoms with Crippen LogP contribution in [0.25, 0.3) is 11.1 Å². The smallest absolute Gasteiger partial charge is 0.353 e. The Balaban J connectivity index is 2.43. The quantitative estimate of drug-likeness (QED) is 0.848. The minimum Gasteiger partial charge on any atom is -0.477 e. The van der Waals surface area contributed by atoms with E-state index >= 15 is 0 Å². The molecule has 0 unspecified atom stereocenters. The summed E-state index contributed by atoms with van der Waals surface area (Å²) in [5, 5.41) is 18.9. The molecule has 0 bridgehead atoms. The summed E-state index contributed by atoms with van der Waals surface area (Å²) < 4.78 is 1.53. The number of carboxylic acid groups (broad SMARTS) is 1. The number of nitrogens with zero attached hydrogens (tertiary/aromatic N) is 4. The van der Waals surface area contributed by atoms with E-state index in [1.54, 1.807) is 50.9 Å². The van der Waals surface area contributed by atoms with E-state index in [9.17, 15) is 15.2 Å². The van der Waals surface area contributed by atoms with Crippen LogP contribution in [0.3, 0.4) is 0 Å². The highest BCUT2D eigenvalue weighted by molar-refractivity contribution is 5.97. The second-order valence-corrected chi connectivity index (χ2v) is 5.27. The predicted octanol–water partition coefficient (Wildman–Crippen LogP) is 3.55. The highest BCUT2D eigenvalue weighted by atomic mass is 16.4. The van der Waals surface area contributed by atoms with E-state index in [0.717, 1.165) is 5.56 Å². The summed E-state index contributed by atoms with van der Waals surface area (Å²) in [7, 11) is 1.65. The molecule has 6 nitrogen and oxygen atoms in total. The SMILES string of the molecule is CC=N/C=C\N=Cc1ccc(-c2c(C#N)c(C)n(C)c2C(=O)O)cc1. The number of nitriles is 1. The molecule has 0 atom stereocenters. The fourth-order valence-electron chi connectivity index (χ4n) is 2.50. The number of benzene rings is 1. The van der Waals surface area contributed by atoms with Gasteiger partial charge in [0.2, 0.25) is 0 Å². The third kappa shape index (κ3) is 3.72. The second kappa shape index (κ2) is 7.88. The topological polar surface area (TPSA) is 90.7 Å². The lowest BCUT2D eigenvalue weighted by atomic mass is 9.99. The fourth-order valence-corrected chi connectivity index (χ4v) is 2.50. The molecule has 1 aromatic heterocycles. The van der Waals surface area contributed by atoms with Gasteiger partial charge in [-0.15, -0.1) is 0 Å². The zero-order valence-electron chi connectivity index (χ0n) is 14.3. The monoisotopic (exact) mass is 334 g/mol. The number of carbonyl (C=O) groups is 1. The molecule has 0 aliphatic carbocycles. The van der Waals surface area contributed by atoms with Crippen molar-refractivity contribution in [3.63, 3.8) is 0 Å². The third-order valence-electron chi connectivity index (χ3n) is 3.81. The zero-order chi connectivity index (χ0) is 18.4. The molecule has 0 fully saturated rings. The number of hydrogen-bond donors (Lipinski definition) is 1. The Kier molecular flexibility index (Phi) is 5.64. The summed E-state index contributed by atoms with van der Waals surface area (Å²) in [6.45, 7) is 3.56. The molecule has 2 rings (SSSR count). The van der Waals surface area contributed by atoms with Crippen LogP contribution in [-0.2, 0) is 7.05 Å². The van der Waals surface area contributed by atoms with E-state index in [4.69, 9.17) is 0 Å². The lowest BCUT2D eigenvalue weighted by Crippen LogP contribution is -2.06. The highest BCUT2D eigenvalue weighted by Gasteiger charge is 2.24. The van der Waals surface area contributed by atoms with Crippen molar-refractivity contribution in [2.24, 2.45) is 17.0 Å². The Morgan fingerprint density at radius 1 is 1.24 bits per heavy atom. The first-order chi connectivity index (χ1) is 12.0. The van der Waals surface area contributed by atoms with Gasteiger partial charge in [0.1, 0.15) is 11.8 Å². The Labute approximate surface area is 146 Å². The van der Waals surface area contributed by atoms with Crippen molar-refractivity contribution in [3.05, 3.63) is 59.2 Å². The van der Waals surface area contributed by atoms with Crippen molar-refractivity contribution in [3.8, 4) is 17.2 Å². The van der Waals surface area contributed by atoms with E-state index in [-0.39, 0.29) is 5.69 Å². The van der Waals surface area contributed by atoms with Gasteiger partial charge >= 0.3 is 5.97 Å². The normalized spacial score (nSPS) is 11.6. The minimum absolute atomic E-state index is 0.107. The average molecular weight is 334 g/mol. The van der Waals surface area contributed by atoms with Crippen molar-refractivity contribution in [2.75, 3.05) is 0 Å². The predicted molar refractivity (Wildman–Crippen MR) is 98.2 cm³/mol. The second-order valence-electron chi connectivity index (χ2n) is 5.27. The maximum absolute atomic E-state index is 11.6. The number of aromatic nitrogens is 1. The van der Waals surface area contributed by atoms with Gasteiger partial charge in [0.15, 0.2) is 0 Å². The van der Waals surface area contributed by atoms with Crippen LogP contribution < -0.4 is 0 Å². The minimum atomic E-state index is -1.06. The summed E-state index contributed by atoms with van der Waals surface area (Å²) in [6, 6.07) is 9.34. The van der Waals surface area contributed by atoms with Crippen LogP contribution in [0.5, 0.6) is 0 Å². The zero-order valence-corrected chi connectivity index (χ0v) is 14.3. The molecule has 126 valence electrons. The molecule has 25 heavy (non-hydrogen) atoms. The van der Waals surface area contributed by atoms with Gasteiger partial charge in [-0.2, -0.15) is 5.26 Å². The molecule has 1 heterocycles. The van der Waals surface area contributed by atoms with Crippen molar-refractivity contribution < 1.29 is 9.90 Å². The van der Waals surface area contributed by atoms with Crippen LogP contribution in [0.15, 0.2) is 46.7 Å². The average Bonchev–Trinajstić information content (AvgIpc) is 2.86. The Morgan fingerprint density at radius 2 is 1.88 bits per heavy atom. The highest BCUT2D eigenvalue weighted by Crippen LogP contribution is 2.31. The van der Waals surface area contributed by atoms with Gasteiger partial charge in [-0.3, -0.25) is 9.98 Å². The molecule has 0 spiro atoms. The van der Waals surface area contributed by atoms with Gasteiger partial charge in [0.05, 0.1) is 5.56 Å². The summed E-state index contributed by atoms with van der Waals surface area (Å²) in [6.07, 6.45) is 6.49. The van der Waals surface area contributed by atoms with Gasteiger partial charge in [0.25, 0.3) is 0 Å². The maximum atomic E-state index is 11.6. The molecule has 0 saturated heterocycles. The molecule has 6 heteroatoms. The standard InChI is InChI=1S/C19H18N4O2/c1-4-21-9-10-22-12-14-5-7-15(8-6-14)17-16(11-20)13(2)23(3)18(17)19(24)25/h4-10,12H,1-3H3,(H,24,25)/b10-9-,21-4?,22-12?. The van der Waals surface area contributed by atoms with Crippen LogP contribution in [0.1, 0.15) is 34.2 Å². The third-order valence-corrected chi connectivity index (χ3v) is 3.81. The van der Waals surface area contributed by atoms with E-state index in [0.29, 0.717) is 22.4 Å². The molecular formula is C19H18N4O2. The van der Waals surface area contributed by atoms with Crippen molar-refractivity contribution in [1.29, 1.82) is 5.26 Å². The van der Waals surface area contributed by atoms with E-state index in [1.807, 2.05) is 19.1 Å². The van der Waals surface area contributed by atoms with Gasteiger partial charge in [-0.1, -0.05) is 24.3 Å². The van der Waals surface area contributed by atoms with Crippen molar-refractivity contribution in [1.82, 2.24) is 4.57 Å². The summed E-state index contributed by atoms with van der Waals surface area (Å²) in [4.78, 5) is 19.6. The van der Waals surface area contributed by atoms with Crippen LogP contribution in [0.4, 0.5) is 0 Å². The Morgan fingerprint density at radius 3 is 2.44 bits per heavy atom. The van der Waals surface area contributed by atoms with Crippen LogP contribution >= 0.6 is 0 Å². The van der Waals surface area contributed by atoms with Gasteiger partial charge in [0, 0.05) is 43.1 Å². The fraction of sp³-hybridized carbons (Fsp3) is 0.158. The molecule has 1 aromatic carbocycles. The molecule has 0 aliphatic heterocycles. The van der Waals surface area contributed by atoms with Gasteiger partial charge < -0.3 is 9.67 Å². The lowest BCUT2D eigenvalue weighted by molar-refractivity contribution is 0.0687. The number of aromatic carboxylic acids is 1. The number of rotatable bonds is 5. The molecule has 0 aliphatic rings. The first-order valence-corrected chi connectivity index (χ1v) is 7.60. The Hall–Kier alpha value is -3.46. The van der Waals surface area contributed by atoms with Crippen LogP contribution in [-0.4, -0.2) is 28.1 Å². The van der Waals surface area contributed by atoms with E-state index in [2.05, 4.69) is 16.1 Å². The van der Waals surface area contributed by atoms with E-state index in [1.165, 1.54) is 4.57 Å². The number of carboxylic acids is 1. The Bertz CT molecular complexity index is 910. The van der Waals surface area contributed by atoms with Crippen LogP contribution in [0, 0.1) is 18.3 Å². The van der Waals surface area contributed by atoms with Gasteiger partial charge in [-0.25, -0.2) is 4.79 Å². The molecule has 1 N–H and O–H groups in total. The van der Waals surface area contributed by atoms with E-state index < -0.39 is 5.97 Å². The van der Waals surface area contributed by atoms with Crippen molar-refractivity contribution in [2.45, 2.75) is 13.8 Å². The first-order valence-electron chi connectivity index (χ1n) is 7.60. The van der Waals surface area contributed by atoms with Gasteiger partial charge in [-0.05, 0) is 25.0 Å². The summed E-state index contributed by atoms with van der Waals surface area (Å²) in [5.74, 6) is -1.06. The van der Waals surface area contributed by atoms with Crippen molar-refractivity contribution >= 4 is 18.4 Å².